The Morgan fingerprint density at radius 2 is 0.679 bits per heavy atom. The number of carbonyl (C=O) groups is 1. The van der Waals surface area contributed by atoms with Crippen molar-refractivity contribution >= 4 is 5.91 Å². The molecule has 7 unspecified atom stereocenters. The van der Waals surface area contributed by atoms with Gasteiger partial charge in [0.15, 0.2) is 6.29 Å². The SMILES string of the molecule is CCCCCCCCCCCCCCCCCCCCCCCCCC/C=C/C(O)C(COC1OC(CO)C(O)C(O)C1O)NC(=O)CCCCCCCCCCCCCCCCCCCCCCCCCCCCCCCCCC. The number of allylic oxidation sites excluding steroid dienone is 1. The van der Waals surface area contributed by atoms with Crippen LogP contribution in [0.1, 0.15) is 386 Å². The third-order valence-corrected chi connectivity index (χ3v) is 17.9. The number of rotatable bonds is 65. The van der Waals surface area contributed by atoms with Gasteiger partial charge in [-0.15, -0.1) is 0 Å². The molecule has 0 aliphatic carbocycles. The highest BCUT2D eigenvalue weighted by Crippen LogP contribution is 2.24. The van der Waals surface area contributed by atoms with Gasteiger partial charge in [0.2, 0.25) is 5.91 Å². The van der Waals surface area contributed by atoms with Crippen LogP contribution in [0.3, 0.4) is 0 Å². The van der Waals surface area contributed by atoms with E-state index < -0.39 is 49.5 Å². The van der Waals surface area contributed by atoms with Crippen LogP contribution in [0.25, 0.3) is 0 Å². The second-order valence-corrected chi connectivity index (χ2v) is 25.8. The summed E-state index contributed by atoms with van der Waals surface area (Å²) in [7, 11) is 0. The smallest absolute Gasteiger partial charge is 0.220 e. The number of aliphatic hydroxyl groups excluding tert-OH is 5. The van der Waals surface area contributed by atoms with Gasteiger partial charge < -0.3 is 40.3 Å². The summed E-state index contributed by atoms with van der Waals surface area (Å²) in [6, 6.07) is -0.802. The van der Waals surface area contributed by atoms with Gasteiger partial charge in [0, 0.05) is 6.42 Å². The molecule has 1 aliphatic rings. The van der Waals surface area contributed by atoms with Crippen molar-refractivity contribution in [1.82, 2.24) is 5.32 Å². The summed E-state index contributed by atoms with van der Waals surface area (Å²) >= 11 is 0. The van der Waals surface area contributed by atoms with Crippen LogP contribution < -0.4 is 5.32 Å². The fraction of sp³-hybridized carbons (Fsp3) is 0.958. The molecule has 0 bridgehead atoms. The lowest BCUT2D eigenvalue weighted by atomic mass is 9.99. The number of unbranched alkanes of at least 4 members (excludes halogenated alkanes) is 55. The van der Waals surface area contributed by atoms with Crippen LogP contribution in [-0.4, -0.2) is 87.5 Å². The molecular weight excluding hydrogens is 1010 g/mol. The molecule has 0 aromatic rings. The summed E-state index contributed by atoms with van der Waals surface area (Å²) in [5, 5.41) is 54.8. The van der Waals surface area contributed by atoms with Gasteiger partial charge in [-0.05, 0) is 19.3 Å². The van der Waals surface area contributed by atoms with Crippen LogP contribution in [0.5, 0.6) is 0 Å². The Labute approximate surface area is 503 Å². The van der Waals surface area contributed by atoms with Crippen molar-refractivity contribution in [3.63, 3.8) is 0 Å². The van der Waals surface area contributed by atoms with E-state index in [-0.39, 0.29) is 12.5 Å². The Balaban J connectivity index is 2.09. The number of hydrogen-bond donors (Lipinski definition) is 6. The first-order valence-corrected chi connectivity index (χ1v) is 36.4. The van der Waals surface area contributed by atoms with Crippen LogP contribution >= 0.6 is 0 Å². The van der Waals surface area contributed by atoms with Crippen LogP contribution in [0.4, 0.5) is 0 Å². The van der Waals surface area contributed by atoms with Crippen LogP contribution in [-0.2, 0) is 14.3 Å². The summed E-state index contributed by atoms with van der Waals surface area (Å²) in [4.78, 5) is 13.1. The average molecular weight is 1150 g/mol. The minimum absolute atomic E-state index is 0.166. The molecule has 1 aliphatic heterocycles. The summed E-state index contributed by atoms with van der Waals surface area (Å²) in [5.41, 5.74) is 0. The fourth-order valence-corrected chi connectivity index (χ4v) is 12.2. The van der Waals surface area contributed by atoms with E-state index in [1.807, 2.05) is 6.08 Å². The van der Waals surface area contributed by atoms with Crippen molar-refractivity contribution in [1.29, 1.82) is 0 Å². The molecule has 1 fully saturated rings. The normalized spacial score (nSPS) is 18.3. The van der Waals surface area contributed by atoms with E-state index in [4.69, 9.17) is 9.47 Å². The molecular formula is C72H141NO8. The monoisotopic (exact) mass is 1150 g/mol. The molecule has 0 aromatic heterocycles. The van der Waals surface area contributed by atoms with Crippen molar-refractivity contribution in [2.75, 3.05) is 13.2 Å². The second-order valence-electron chi connectivity index (χ2n) is 25.8. The highest BCUT2D eigenvalue weighted by Gasteiger charge is 2.44. The Hall–Kier alpha value is -1.07. The number of amides is 1. The average Bonchev–Trinajstić information content (AvgIpc) is 3.48. The van der Waals surface area contributed by atoms with Gasteiger partial charge in [-0.2, -0.15) is 0 Å². The van der Waals surface area contributed by atoms with Gasteiger partial charge in [-0.1, -0.05) is 373 Å². The highest BCUT2D eigenvalue weighted by molar-refractivity contribution is 5.76. The molecule has 0 aromatic carbocycles. The summed E-state index contributed by atoms with van der Waals surface area (Å²) in [6.07, 6.45) is 73.3. The zero-order chi connectivity index (χ0) is 58.6. The summed E-state index contributed by atoms with van der Waals surface area (Å²) in [5.74, 6) is -0.166. The minimum Gasteiger partial charge on any atom is -0.394 e. The van der Waals surface area contributed by atoms with E-state index in [1.54, 1.807) is 6.08 Å². The van der Waals surface area contributed by atoms with Gasteiger partial charge in [-0.3, -0.25) is 4.79 Å². The van der Waals surface area contributed by atoms with Gasteiger partial charge >= 0.3 is 0 Å². The third kappa shape index (κ3) is 50.8. The van der Waals surface area contributed by atoms with Crippen molar-refractivity contribution in [2.45, 2.75) is 429 Å². The number of ether oxygens (including phenoxy) is 2. The molecule has 9 heteroatoms. The molecule has 9 nitrogen and oxygen atoms in total. The molecule has 0 radical (unpaired) electrons. The maximum atomic E-state index is 13.1. The Morgan fingerprint density at radius 3 is 0.963 bits per heavy atom. The number of hydrogen-bond acceptors (Lipinski definition) is 8. The molecule has 1 saturated heterocycles. The summed E-state index contributed by atoms with van der Waals surface area (Å²) in [6.45, 7) is 3.85. The van der Waals surface area contributed by atoms with Crippen LogP contribution in [0.2, 0.25) is 0 Å². The topological polar surface area (TPSA) is 149 Å². The Morgan fingerprint density at radius 1 is 0.407 bits per heavy atom. The lowest BCUT2D eigenvalue weighted by molar-refractivity contribution is -0.302. The van der Waals surface area contributed by atoms with Crippen molar-refractivity contribution in [3.8, 4) is 0 Å². The molecule has 7 atom stereocenters. The van der Waals surface area contributed by atoms with Crippen LogP contribution in [0.15, 0.2) is 12.2 Å². The molecule has 0 spiro atoms. The standard InChI is InChI=1S/C72H141NO8/c1-3-5-7-9-11-13-15-17-19-21-23-25-27-29-31-32-33-34-35-36-38-40-42-44-46-48-50-52-54-56-58-60-62-68(76)73-65(64-80-72-71(79)70(78)69(77)67(63-74)81-72)66(75)61-59-57-55-53-51-49-47-45-43-41-39-37-30-28-26-24-22-20-18-16-14-12-10-8-6-4-2/h59,61,65-67,69-72,74-75,77-79H,3-58,60,62-64H2,1-2H3,(H,73,76)/b61-59+. The quantitative estimate of drug-likeness (QED) is 0.0261. The first-order valence-electron chi connectivity index (χ1n) is 36.4. The Bertz CT molecular complexity index is 1280. The lowest BCUT2D eigenvalue weighted by Crippen LogP contribution is -2.60. The largest absolute Gasteiger partial charge is 0.394 e. The molecule has 1 heterocycles. The lowest BCUT2D eigenvalue weighted by Gasteiger charge is -2.40. The molecule has 1 amide bonds. The molecule has 6 N–H and O–H groups in total. The summed E-state index contributed by atoms with van der Waals surface area (Å²) < 4.78 is 11.3. The van der Waals surface area contributed by atoms with Gasteiger partial charge in [0.1, 0.15) is 24.4 Å². The maximum Gasteiger partial charge on any atom is 0.220 e. The van der Waals surface area contributed by atoms with Crippen molar-refractivity contribution in [2.24, 2.45) is 0 Å². The fourth-order valence-electron chi connectivity index (χ4n) is 12.2. The van der Waals surface area contributed by atoms with Crippen molar-refractivity contribution < 1.29 is 39.8 Å². The zero-order valence-electron chi connectivity index (χ0n) is 54.1. The predicted octanol–water partition coefficient (Wildman–Crippen LogP) is 19.9. The Kier molecular flexibility index (Phi) is 59.7. The maximum absolute atomic E-state index is 13.1. The van der Waals surface area contributed by atoms with Gasteiger partial charge in [0.05, 0.1) is 25.4 Å². The predicted molar refractivity (Wildman–Crippen MR) is 346 cm³/mol. The molecule has 1 rings (SSSR count). The number of carbonyl (C=O) groups excluding carboxylic acids is 1. The molecule has 482 valence electrons. The molecule has 0 saturated carbocycles. The highest BCUT2D eigenvalue weighted by atomic mass is 16.7. The van der Waals surface area contributed by atoms with Gasteiger partial charge in [0.25, 0.3) is 0 Å². The van der Waals surface area contributed by atoms with Crippen molar-refractivity contribution in [3.05, 3.63) is 12.2 Å². The van der Waals surface area contributed by atoms with E-state index in [1.165, 1.54) is 327 Å². The third-order valence-electron chi connectivity index (χ3n) is 17.9. The van der Waals surface area contributed by atoms with E-state index in [0.29, 0.717) is 6.42 Å². The van der Waals surface area contributed by atoms with E-state index in [0.717, 1.165) is 38.5 Å². The minimum atomic E-state index is -1.56. The number of nitrogens with one attached hydrogen (secondary N) is 1. The van der Waals surface area contributed by atoms with E-state index in [9.17, 15) is 30.3 Å². The van der Waals surface area contributed by atoms with Gasteiger partial charge in [-0.25, -0.2) is 0 Å². The zero-order valence-corrected chi connectivity index (χ0v) is 54.1. The molecule has 81 heavy (non-hydrogen) atoms. The van der Waals surface area contributed by atoms with E-state index in [2.05, 4.69) is 19.2 Å². The number of aliphatic hydroxyl groups is 5. The van der Waals surface area contributed by atoms with E-state index >= 15 is 0 Å². The second kappa shape index (κ2) is 62.0. The van der Waals surface area contributed by atoms with Crippen LogP contribution in [0, 0.1) is 0 Å². The first kappa shape index (κ1) is 77.9. The first-order chi connectivity index (χ1) is 39.8.